The average molecular weight is 331 g/mol. The number of aromatic amines is 1. The van der Waals surface area contributed by atoms with E-state index in [1.165, 1.54) is 13.3 Å². The minimum Gasteiger partial charge on any atom is -0.469 e. The van der Waals surface area contributed by atoms with Gasteiger partial charge in [-0.3, -0.25) is 23.9 Å². The Labute approximate surface area is 137 Å². The second kappa shape index (κ2) is 7.91. The van der Waals surface area contributed by atoms with Crippen LogP contribution in [-0.4, -0.2) is 28.5 Å². The summed E-state index contributed by atoms with van der Waals surface area (Å²) in [4.78, 5) is 48.4. The second-order valence-corrected chi connectivity index (χ2v) is 5.05. The predicted molar refractivity (Wildman–Crippen MR) is 85.3 cm³/mol. The lowest BCUT2D eigenvalue weighted by Gasteiger charge is -2.18. The standard InChI is InChI=1S/C16H17N3O5/c1-24-15(22)9-12(11-5-3-2-4-6-11)17-14(21)10-19-8-7-13(20)18-16(19)23/h2-8,12H,9-10H2,1H3,(H,17,21)(H,18,20,23)/t12-/m1/s1. The molecule has 2 N–H and O–H groups in total. The first-order chi connectivity index (χ1) is 11.5. The van der Waals surface area contributed by atoms with E-state index in [9.17, 15) is 19.2 Å². The fraction of sp³-hybridized carbons (Fsp3) is 0.250. The Morgan fingerprint density at radius 2 is 1.92 bits per heavy atom. The molecule has 2 aromatic rings. The van der Waals surface area contributed by atoms with Crippen LogP contribution in [-0.2, 0) is 20.9 Å². The van der Waals surface area contributed by atoms with Crippen LogP contribution < -0.4 is 16.6 Å². The number of nitrogens with zero attached hydrogens (tertiary/aromatic N) is 1. The molecular weight excluding hydrogens is 314 g/mol. The van der Waals surface area contributed by atoms with Gasteiger partial charge in [0.05, 0.1) is 19.6 Å². The number of carbonyl (C=O) groups excluding carboxylic acids is 2. The first-order valence-electron chi connectivity index (χ1n) is 7.20. The van der Waals surface area contributed by atoms with Crippen LogP contribution in [0.3, 0.4) is 0 Å². The first kappa shape index (κ1) is 17.2. The molecular formula is C16H17N3O5. The molecule has 0 aliphatic carbocycles. The van der Waals surface area contributed by atoms with Gasteiger partial charge in [-0.1, -0.05) is 30.3 Å². The minimum absolute atomic E-state index is 0.0349. The summed E-state index contributed by atoms with van der Waals surface area (Å²) in [6.07, 6.45) is 1.20. The Balaban J connectivity index is 2.13. The van der Waals surface area contributed by atoms with Gasteiger partial charge in [-0.25, -0.2) is 4.79 Å². The Morgan fingerprint density at radius 1 is 1.21 bits per heavy atom. The van der Waals surface area contributed by atoms with Crippen molar-refractivity contribution in [2.45, 2.75) is 19.0 Å². The normalized spacial score (nSPS) is 11.5. The van der Waals surface area contributed by atoms with E-state index in [1.807, 2.05) is 6.07 Å². The lowest BCUT2D eigenvalue weighted by molar-refractivity contribution is -0.141. The molecule has 24 heavy (non-hydrogen) atoms. The van der Waals surface area contributed by atoms with Crippen LogP contribution in [0.15, 0.2) is 52.2 Å². The van der Waals surface area contributed by atoms with E-state index in [1.54, 1.807) is 24.3 Å². The fourth-order valence-corrected chi connectivity index (χ4v) is 2.15. The number of hydrogen-bond acceptors (Lipinski definition) is 5. The number of benzene rings is 1. The summed E-state index contributed by atoms with van der Waals surface area (Å²) in [6.45, 7) is -0.278. The molecule has 0 spiro atoms. The second-order valence-electron chi connectivity index (χ2n) is 5.05. The number of methoxy groups -OCH3 is 1. The number of amides is 1. The number of nitrogens with one attached hydrogen (secondary N) is 2. The third-order valence-electron chi connectivity index (χ3n) is 3.35. The van der Waals surface area contributed by atoms with Gasteiger partial charge in [-0.2, -0.15) is 0 Å². The molecule has 8 heteroatoms. The van der Waals surface area contributed by atoms with Gasteiger partial charge in [0, 0.05) is 12.3 Å². The summed E-state index contributed by atoms with van der Waals surface area (Å²) in [5.41, 5.74) is -0.476. The van der Waals surface area contributed by atoms with E-state index in [4.69, 9.17) is 0 Å². The molecule has 1 aromatic carbocycles. The van der Waals surface area contributed by atoms with Gasteiger partial charge in [0.1, 0.15) is 6.54 Å². The maximum Gasteiger partial charge on any atom is 0.328 e. The van der Waals surface area contributed by atoms with Crippen LogP contribution in [0.1, 0.15) is 18.0 Å². The van der Waals surface area contributed by atoms with Crippen LogP contribution in [0.2, 0.25) is 0 Å². The number of rotatable bonds is 6. The van der Waals surface area contributed by atoms with Crippen LogP contribution in [0.5, 0.6) is 0 Å². The molecule has 1 amide bonds. The molecule has 0 aliphatic heterocycles. The Morgan fingerprint density at radius 3 is 2.54 bits per heavy atom. The summed E-state index contributed by atoms with van der Waals surface area (Å²) < 4.78 is 5.72. The van der Waals surface area contributed by atoms with Crippen molar-refractivity contribution in [2.75, 3.05) is 7.11 Å². The van der Waals surface area contributed by atoms with Crippen molar-refractivity contribution in [3.8, 4) is 0 Å². The number of carbonyl (C=O) groups is 2. The van der Waals surface area contributed by atoms with Crippen LogP contribution >= 0.6 is 0 Å². The molecule has 1 aromatic heterocycles. The quantitative estimate of drug-likeness (QED) is 0.722. The highest BCUT2D eigenvalue weighted by Crippen LogP contribution is 2.17. The van der Waals surface area contributed by atoms with Gasteiger partial charge in [0.25, 0.3) is 5.56 Å². The third kappa shape index (κ3) is 4.67. The summed E-state index contributed by atoms with van der Waals surface area (Å²) >= 11 is 0. The van der Waals surface area contributed by atoms with Gasteiger partial charge in [-0.15, -0.1) is 0 Å². The molecule has 1 atom stereocenters. The van der Waals surface area contributed by atoms with Gasteiger partial charge < -0.3 is 10.1 Å². The van der Waals surface area contributed by atoms with Crippen molar-refractivity contribution < 1.29 is 14.3 Å². The molecule has 0 radical (unpaired) electrons. The van der Waals surface area contributed by atoms with E-state index in [-0.39, 0.29) is 13.0 Å². The zero-order chi connectivity index (χ0) is 17.5. The van der Waals surface area contributed by atoms with Gasteiger partial charge >= 0.3 is 11.7 Å². The number of aromatic nitrogens is 2. The third-order valence-corrected chi connectivity index (χ3v) is 3.35. The molecule has 1 heterocycles. The zero-order valence-corrected chi connectivity index (χ0v) is 13.0. The molecule has 2 rings (SSSR count). The predicted octanol–water partition coefficient (Wildman–Crippen LogP) is -0.0428. The van der Waals surface area contributed by atoms with Crippen molar-refractivity contribution in [3.63, 3.8) is 0 Å². The lowest BCUT2D eigenvalue weighted by atomic mass is 10.0. The van der Waals surface area contributed by atoms with E-state index in [2.05, 4.69) is 15.0 Å². The maximum absolute atomic E-state index is 12.2. The van der Waals surface area contributed by atoms with Crippen molar-refractivity contribution in [2.24, 2.45) is 0 Å². The summed E-state index contributed by atoms with van der Waals surface area (Å²) in [5.74, 6) is -0.938. The van der Waals surface area contributed by atoms with Crippen molar-refractivity contribution in [1.82, 2.24) is 14.9 Å². The van der Waals surface area contributed by atoms with Crippen molar-refractivity contribution in [1.29, 1.82) is 0 Å². The Bertz CT molecular complexity index is 825. The fourth-order valence-electron chi connectivity index (χ4n) is 2.15. The van der Waals surface area contributed by atoms with E-state index >= 15 is 0 Å². The monoisotopic (exact) mass is 331 g/mol. The average Bonchev–Trinajstić information content (AvgIpc) is 2.57. The largest absolute Gasteiger partial charge is 0.469 e. The molecule has 0 bridgehead atoms. The molecule has 0 aliphatic rings. The number of ether oxygens (including phenoxy) is 1. The number of hydrogen-bond donors (Lipinski definition) is 2. The molecule has 0 fully saturated rings. The van der Waals surface area contributed by atoms with E-state index in [0.717, 1.165) is 16.2 Å². The highest BCUT2D eigenvalue weighted by Gasteiger charge is 2.19. The van der Waals surface area contributed by atoms with Crippen LogP contribution in [0.25, 0.3) is 0 Å². The number of esters is 1. The lowest BCUT2D eigenvalue weighted by Crippen LogP contribution is -2.37. The highest BCUT2D eigenvalue weighted by atomic mass is 16.5. The SMILES string of the molecule is COC(=O)C[C@@H](NC(=O)Cn1ccc(=O)[nH]c1=O)c1ccccc1. The summed E-state index contributed by atoms with van der Waals surface area (Å²) in [5, 5.41) is 2.70. The molecule has 0 saturated heterocycles. The van der Waals surface area contributed by atoms with Crippen LogP contribution in [0.4, 0.5) is 0 Å². The molecule has 126 valence electrons. The van der Waals surface area contributed by atoms with Crippen molar-refractivity contribution >= 4 is 11.9 Å². The molecule has 0 saturated carbocycles. The highest BCUT2D eigenvalue weighted by molar-refractivity contribution is 5.78. The van der Waals surface area contributed by atoms with Crippen LogP contribution in [0, 0.1) is 0 Å². The topological polar surface area (TPSA) is 110 Å². The first-order valence-corrected chi connectivity index (χ1v) is 7.20. The van der Waals surface area contributed by atoms with Gasteiger partial charge in [0.2, 0.25) is 5.91 Å². The molecule has 8 nitrogen and oxygen atoms in total. The minimum atomic E-state index is -0.679. The van der Waals surface area contributed by atoms with Crippen molar-refractivity contribution in [3.05, 3.63) is 69.0 Å². The van der Waals surface area contributed by atoms with Gasteiger partial charge in [0.15, 0.2) is 0 Å². The summed E-state index contributed by atoms with van der Waals surface area (Å²) in [6, 6.07) is 9.53. The zero-order valence-electron chi connectivity index (χ0n) is 13.0. The Hall–Kier alpha value is -3.16. The van der Waals surface area contributed by atoms with Gasteiger partial charge in [-0.05, 0) is 5.56 Å². The maximum atomic E-state index is 12.2. The summed E-state index contributed by atoms with van der Waals surface area (Å²) in [7, 11) is 1.27. The smallest absolute Gasteiger partial charge is 0.328 e. The van der Waals surface area contributed by atoms with E-state index in [0.29, 0.717) is 0 Å². The van der Waals surface area contributed by atoms with E-state index < -0.39 is 29.2 Å². The Kier molecular flexibility index (Phi) is 5.67. The molecule has 0 unspecified atom stereocenters. The number of H-pyrrole nitrogens is 1.